The number of methoxy groups -OCH3 is 1. The molecular weight excluding hydrogens is 285 g/mol. The Kier molecular flexibility index (Phi) is 4.23. The number of aliphatic carboxylic acids is 1. The van der Waals surface area contributed by atoms with Crippen molar-refractivity contribution in [3.05, 3.63) is 24.0 Å². The van der Waals surface area contributed by atoms with Crippen LogP contribution in [0.15, 0.2) is 23.4 Å². The second kappa shape index (κ2) is 5.91. The third-order valence-corrected chi connectivity index (χ3v) is 3.57. The number of carboxylic acids is 1. The molecule has 0 amide bonds. The molecule has 0 aliphatic carbocycles. The first kappa shape index (κ1) is 14.3. The number of halogens is 1. The van der Waals surface area contributed by atoms with Gasteiger partial charge in [0.15, 0.2) is 22.5 Å². The fraction of sp³-hybridized carbons (Fsp3) is 0.250. The summed E-state index contributed by atoms with van der Waals surface area (Å²) in [6, 6.07) is 4.37. The SMILES string of the molecule is COc1cc(-c2nnc(SCC(=O)O)n2C)ccc1F. The molecule has 8 heteroatoms. The number of hydrogen-bond acceptors (Lipinski definition) is 5. The molecule has 0 aliphatic heterocycles. The van der Waals surface area contributed by atoms with E-state index in [0.29, 0.717) is 16.5 Å². The van der Waals surface area contributed by atoms with Crippen LogP contribution in [0.2, 0.25) is 0 Å². The summed E-state index contributed by atoms with van der Waals surface area (Å²) in [7, 11) is 3.10. The molecule has 0 bridgehead atoms. The van der Waals surface area contributed by atoms with E-state index in [2.05, 4.69) is 10.2 Å². The van der Waals surface area contributed by atoms with E-state index in [1.165, 1.54) is 19.2 Å². The Balaban J connectivity index is 2.31. The van der Waals surface area contributed by atoms with Crippen molar-refractivity contribution in [1.29, 1.82) is 0 Å². The van der Waals surface area contributed by atoms with E-state index in [9.17, 15) is 9.18 Å². The van der Waals surface area contributed by atoms with Gasteiger partial charge in [0, 0.05) is 12.6 Å². The Hall–Kier alpha value is -2.09. The lowest BCUT2D eigenvalue weighted by Crippen LogP contribution is -2.01. The molecule has 1 aromatic carbocycles. The van der Waals surface area contributed by atoms with Gasteiger partial charge in [-0.1, -0.05) is 11.8 Å². The molecule has 20 heavy (non-hydrogen) atoms. The van der Waals surface area contributed by atoms with E-state index in [0.717, 1.165) is 11.8 Å². The van der Waals surface area contributed by atoms with E-state index in [1.807, 2.05) is 0 Å². The van der Waals surface area contributed by atoms with Crippen molar-refractivity contribution in [3.63, 3.8) is 0 Å². The highest BCUT2D eigenvalue weighted by Gasteiger charge is 2.14. The maximum absolute atomic E-state index is 13.4. The molecule has 0 aliphatic rings. The van der Waals surface area contributed by atoms with E-state index in [4.69, 9.17) is 9.84 Å². The van der Waals surface area contributed by atoms with Crippen LogP contribution in [0, 0.1) is 5.82 Å². The molecule has 106 valence electrons. The van der Waals surface area contributed by atoms with Gasteiger partial charge in [-0.25, -0.2) is 4.39 Å². The quantitative estimate of drug-likeness (QED) is 0.848. The Labute approximate surface area is 118 Å². The molecule has 0 fully saturated rings. The summed E-state index contributed by atoms with van der Waals surface area (Å²) >= 11 is 1.07. The average molecular weight is 297 g/mol. The van der Waals surface area contributed by atoms with Gasteiger partial charge < -0.3 is 14.4 Å². The average Bonchev–Trinajstić information content (AvgIpc) is 2.78. The zero-order valence-electron chi connectivity index (χ0n) is 10.8. The van der Waals surface area contributed by atoms with Crippen molar-refractivity contribution in [3.8, 4) is 17.1 Å². The summed E-state index contributed by atoms with van der Waals surface area (Å²) in [4.78, 5) is 10.5. The molecule has 0 atom stereocenters. The van der Waals surface area contributed by atoms with Crippen LogP contribution in [0.3, 0.4) is 0 Å². The second-order valence-corrected chi connectivity index (χ2v) is 4.84. The predicted molar refractivity (Wildman–Crippen MR) is 71.3 cm³/mol. The summed E-state index contributed by atoms with van der Waals surface area (Å²) in [5.41, 5.74) is 0.639. The maximum Gasteiger partial charge on any atom is 0.313 e. The van der Waals surface area contributed by atoms with Crippen LogP contribution in [-0.4, -0.2) is 38.7 Å². The van der Waals surface area contributed by atoms with Crippen molar-refractivity contribution in [2.45, 2.75) is 5.16 Å². The Morgan fingerprint density at radius 1 is 1.50 bits per heavy atom. The molecule has 2 rings (SSSR count). The van der Waals surface area contributed by atoms with Gasteiger partial charge >= 0.3 is 5.97 Å². The number of carbonyl (C=O) groups is 1. The first-order valence-electron chi connectivity index (χ1n) is 5.61. The van der Waals surface area contributed by atoms with Crippen molar-refractivity contribution in [2.24, 2.45) is 7.05 Å². The van der Waals surface area contributed by atoms with Gasteiger partial charge in [0.25, 0.3) is 0 Å². The number of ether oxygens (including phenoxy) is 1. The molecule has 1 N–H and O–H groups in total. The highest BCUT2D eigenvalue weighted by molar-refractivity contribution is 7.99. The zero-order chi connectivity index (χ0) is 14.7. The summed E-state index contributed by atoms with van der Waals surface area (Å²) in [5.74, 6) is -0.859. The molecule has 0 saturated carbocycles. The Morgan fingerprint density at radius 2 is 2.25 bits per heavy atom. The third-order valence-electron chi connectivity index (χ3n) is 2.57. The van der Waals surface area contributed by atoms with Crippen LogP contribution < -0.4 is 4.74 Å². The van der Waals surface area contributed by atoms with Crippen molar-refractivity contribution >= 4 is 17.7 Å². The summed E-state index contributed by atoms with van der Waals surface area (Å²) in [6.07, 6.45) is 0. The number of benzene rings is 1. The van der Waals surface area contributed by atoms with E-state index < -0.39 is 11.8 Å². The molecule has 2 aromatic rings. The van der Waals surface area contributed by atoms with Crippen molar-refractivity contribution in [2.75, 3.05) is 12.9 Å². The van der Waals surface area contributed by atoms with Gasteiger partial charge in [-0.15, -0.1) is 10.2 Å². The van der Waals surface area contributed by atoms with E-state index >= 15 is 0 Å². The summed E-state index contributed by atoms with van der Waals surface area (Å²) in [5, 5.41) is 17.0. The van der Waals surface area contributed by atoms with Crippen molar-refractivity contribution < 1.29 is 19.0 Å². The van der Waals surface area contributed by atoms with E-state index in [1.54, 1.807) is 17.7 Å². The highest BCUT2D eigenvalue weighted by Crippen LogP contribution is 2.27. The number of carboxylic acid groups (broad SMARTS) is 1. The van der Waals surface area contributed by atoms with Gasteiger partial charge in [-0.2, -0.15) is 0 Å². The molecule has 0 unspecified atom stereocenters. The van der Waals surface area contributed by atoms with Crippen LogP contribution in [0.1, 0.15) is 0 Å². The van der Waals surface area contributed by atoms with Crippen LogP contribution >= 0.6 is 11.8 Å². The van der Waals surface area contributed by atoms with Gasteiger partial charge in [0.2, 0.25) is 0 Å². The minimum atomic E-state index is -0.928. The maximum atomic E-state index is 13.4. The fourth-order valence-corrected chi connectivity index (χ4v) is 2.25. The predicted octanol–water partition coefficient (Wildman–Crippen LogP) is 1.81. The standard InChI is InChI=1S/C12H12FN3O3S/c1-16-11(14-15-12(16)20-6-10(17)18)7-3-4-8(13)9(5-7)19-2/h3-5H,6H2,1-2H3,(H,17,18). The number of thioether (sulfide) groups is 1. The number of aromatic nitrogens is 3. The minimum absolute atomic E-state index is 0.0985. The molecule has 1 heterocycles. The van der Waals surface area contributed by atoms with Crippen LogP contribution in [0.25, 0.3) is 11.4 Å². The third kappa shape index (κ3) is 2.90. The highest BCUT2D eigenvalue weighted by atomic mass is 32.2. The molecule has 0 spiro atoms. The first-order chi connectivity index (χ1) is 9.52. The van der Waals surface area contributed by atoms with Crippen LogP contribution in [0.4, 0.5) is 4.39 Å². The summed E-state index contributed by atoms with van der Waals surface area (Å²) in [6.45, 7) is 0. The van der Waals surface area contributed by atoms with Crippen LogP contribution in [-0.2, 0) is 11.8 Å². The number of hydrogen-bond donors (Lipinski definition) is 1. The summed E-state index contributed by atoms with van der Waals surface area (Å²) < 4.78 is 19.9. The molecule has 0 saturated heterocycles. The zero-order valence-corrected chi connectivity index (χ0v) is 11.6. The lowest BCUT2D eigenvalue weighted by molar-refractivity contribution is -0.133. The Bertz CT molecular complexity index is 645. The van der Waals surface area contributed by atoms with Gasteiger partial charge in [0.05, 0.1) is 12.9 Å². The monoisotopic (exact) mass is 297 g/mol. The normalized spacial score (nSPS) is 10.6. The van der Waals surface area contributed by atoms with Gasteiger partial charge in [-0.05, 0) is 18.2 Å². The smallest absolute Gasteiger partial charge is 0.313 e. The Morgan fingerprint density at radius 3 is 2.90 bits per heavy atom. The fourth-order valence-electron chi connectivity index (χ4n) is 1.62. The van der Waals surface area contributed by atoms with Crippen LogP contribution in [0.5, 0.6) is 5.75 Å². The topological polar surface area (TPSA) is 77.2 Å². The minimum Gasteiger partial charge on any atom is -0.494 e. The van der Waals surface area contributed by atoms with Gasteiger partial charge in [-0.3, -0.25) is 4.79 Å². The lowest BCUT2D eigenvalue weighted by Gasteiger charge is -2.06. The molecule has 1 aromatic heterocycles. The number of nitrogens with zero attached hydrogens (tertiary/aromatic N) is 3. The second-order valence-electron chi connectivity index (χ2n) is 3.90. The first-order valence-corrected chi connectivity index (χ1v) is 6.59. The molecular formula is C12H12FN3O3S. The van der Waals surface area contributed by atoms with E-state index in [-0.39, 0.29) is 11.5 Å². The number of rotatable bonds is 5. The molecule has 6 nitrogen and oxygen atoms in total. The lowest BCUT2D eigenvalue weighted by atomic mass is 10.2. The largest absolute Gasteiger partial charge is 0.494 e. The van der Waals surface area contributed by atoms with Crippen molar-refractivity contribution in [1.82, 2.24) is 14.8 Å². The van der Waals surface area contributed by atoms with Gasteiger partial charge in [0.1, 0.15) is 0 Å². The molecule has 0 radical (unpaired) electrons.